The highest BCUT2D eigenvalue weighted by molar-refractivity contribution is 14.0. The molecule has 2 aliphatic heterocycles. The third-order valence-electron chi connectivity index (χ3n) is 4.88. The molecule has 1 atom stereocenters. The SMILES string of the molecule is CCNC(=NCc1ccnc(N2CCCC2)c1)N1CCSC(CC)C1.I. The maximum Gasteiger partial charge on any atom is 0.194 e. The van der Waals surface area contributed by atoms with Crippen LogP contribution in [0.5, 0.6) is 0 Å². The van der Waals surface area contributed by atoms with Crippen LogP contribution in [0.1, 0.15) is 38.7 Å². The van der Waals surface area contributed by atoms with Crippen molar-refractivity contribution >= 4 is 47.5 Å². The molecule has 146 valence electrons. The number of pyridine rings is 1. The van der Waals surface area contributed by atoms with Gasteiger partial charge in [-0.05, 0) is 43.9 Å². The smallest absolute Gasteiger partial charge is 0.194 e. The topological polar surface area (TPSA) is 43.8 Å². The molecule has 2 aliphatic rings. The Labute approximate surface area is 179 Å². The minimum atomic E-state index is 0. The maximum absolute atomic E-state index is 4.92. The molecule has 26 heavy (non-hydrogen) atoms. The normalized spacial score (nSPS) is 20.8. The third kappa shape index (κ3) is 5.90. The van der Waals surface area contributed by atoms with E-state index in [1.807, 2.05) is 6.20 Å². The summed E-state index contributed by atoms with van der Waals surface area (Å²) in [6, 6.07) is 4.30. The Balaban J connectivity index is 0.00000243. The van der Waals surface area contributed by atoms with Gasteiger partial charge in [-0.1, -0.05) is 6.92 Å². The van der Waals surface area contributed by atoms with Crippen LogP contribution in [-0.2, 0) is 6.54 Å². The zero-order chi connectivity index (χ0) is 17.5. The molecular formula is C19H32IN5S. The highest BCUT2D eigenvalue weighted by Gasteiger charge is 2.21. The molecule has 1 unspecified atom stereocenters. The predicted molar refractivity (Wildman–Crippen MR) is 124 cm³/mol. The molecule has 0 spiro atoms. The number of halogens is 1. The first-order chi connectivity index (χ1) is 12.3. The van der Waals surface area contributed by atoms with Crippen molar-refractivity contribution in [3.63, 3.8) is 0 Å². The van der Waals surface area contributed by atoms with Crippen molar-refractivity contribution < 1.29 is 0 Å². The monoisotopic (exact) mass is 489 g/mol. The van der Waals surface area contributed by atoms with E-state index in [1.54, 1.807) is 0 Å². The third-order valence-corrected chi connectivity index (χ3v) is 6.25. The highest BCUT2D eigenvalue weighted by Crippen LogP contribution is 2.22. The molecular weight excluding hydrogens is 457 g/mol. The van der Waals surface area contributed by atoms with Gasteiger partial charge in [-0.3, -0.25) is 0 Å². The van der Waals surface area contributed by atoms with Crippen molar-refractivity contribution in [2.75, 3.05) is 43.4 Å². The molecule has 1 N–H and O–H groups in total. The van der Waals surface area contributed by atoms with E-state index in [0.29, 0.717) is 6.54 Å². The number of aromatic nitrogens is 1. The van der Waals surface area contributed by atoms with Gasteiger partial charge >= 0.3 is 0 Å². The number of rotatable bonds is 5. The van der Waals surface area contributed by atoms with Gasteiger partial charge in [0, 0.05) is 49.9 Å². The molecule has 2 fully saturated rings. The second kappa shape index (κ2) is 11.2. The summed E-state index contributed by atoms with van der Waals surface area (Å²) in [5.41, 5.74) is 1.24. The van der Waals surface area contributed by atoms with Gasteiger partial charge in [0.15, 0.2) is 5.96 Å². The lowest BCUT2D eigenvalue weighted by Gasteiger charge is -2.34. The van der Waals surface area contributed by atoms with E-state index in [2.05, 4.69) is 57.8 Å². The molecule has 5 nitrogen and oxygen atoms in total. The van der Waals surface area contributed by atoms with Crippen LogP contribution >= 0.6 is 35.7 Å². The van der Waals surface area contributed by atoms with Crippen LogP contribution in [0.2, 0.25) is 0 Å². The Kier molecular flexibility index (Phi) is 9.31. The van der Waals surface area contributed by atoms with Crippen LogP contribution in [-0.4, -0.2) is 59.6 Å². The molecule has 0 saturated carbocycles. The number of anilines is 1. The Hall–Kier alpha value is -0.700. The van der Waals surface area contributed by atoms with E-state index in [4.69, 9.17) is 4.99 Å². The summed E-state index contributed by atoms with van der Waals surface area (Å²) in [6.45, 7) is 10.5. The van der Waals surface area contributed by atoms with Crippen LogP contribution in [0.15, 0.2) is 23.3 Å². The van der Waals surface area contributed by atoms with E-state index >= 15 is 0 Å². The van der Waals surface area contributed by atoms with Crippen molar-refractivity contribution in [2.45, 2.75) is 44.9 Å². The summed E-state index contributed by atoms with van der Waals surface area (Å²) >= 11 is 2.09. The van der Waals surface area contributed by atoms with Crippen LogP contribution in [0.4, 0.5) is 5.82 Å². The van der Waals surface area contributed by atoms with Gasteiger partial charge in [-0.2, -0.15) is 11.8 Å². The fraction of sp³-hybridized carbons (Fsp3) is 0.684. The largest absolute Gasteiger partial charge is 0.357 e. The van der Waals surface area contributed by atoms with E-state index in [0.717, 1.165) is 49.8 Å². The predicted octanol–water partition coefficient (Wildman–Crippen LogP) is 3.59. The number of hydrogen-bond donors (Lipinski definition) is 1. The number of aliphatic imine (C=N–C) groups is 1. The van der Waals surface area contributed by atoms with Gasteiger partial charge in [0.2, 0.25) is 0 Å². The lowest BCUT2D eigenvalue weighted by molar-refractivity contribution is 0.408. The molecule has 0 aromatic carbocycles. The molecule has 0 aliphatic carbocycles. The molecule has 3 rings (SSSR count). The van der Waals surface area contributed by atoms with Gasteiger partial charge in [0.25, 0.3) is 0 Å². The summed E-state index contributed by atoms with van der Waals surface area (Å²) in [5.74, 6) is 3.36. The highest BCUT2D eigenvalue weighted by atomic mass is 127. The van der Waals surface area contributed by atoms with Crippen LogP contribution in [0.3, 0.4) is 0 Å². The minimum absolute atomic E-state index is 0. The van der Waals surface area contributed by atoms with Crippen molar-refractivity contribution in [1.29, 1.82) is 0 Å². The molecule has 1 aromatic heterocycles. The Morgan fingerprint density at radius 3 is 2.85 bits per heavy atom. The van der Waals surface area contributed by atoms with E-state index in [1.165, 1.54) is 30.6 Å². The number of thioether (sulfide) groups is 1. The lowest BCUT2D eigenvalue weighted by Crippen LogP contribution is -2.48. The van der Waals surface area contributed by atoms with Crippen LogP contribution < -0.4 is 10.2 Å². The van der Waals surface area contributed by atoms with Crippen molar-refractivity contribution in [2.24, 2.45) is 4.99 Å². The molecule has 3 heterocycles. The van der Waals surface area contributed by atoms with Crippen molar-refractivity contribution in [1.82, 2.24) is 15.2 Å². The first kappa shape index (κ1) is 21.6. The van der Waals surface area contributed by atoms with Gasteiger partial charge in [0.05, 0.1) is 6.54 Å². The standard InChI is InChI=1S/C19H31N5S.HI/c1-3-17-15-24(11-12-25-17)19(20-4-2)22-14-16-7-8-21-18(13-16)23-9-5-6-10-23;/h7-8,13,17H,3-6,9-12,14-15H2,1-2H3,(H,20,22);1H. The van der Waals surface area contributed by atoms with Crippen molar-refractivity contribution in [3.05, 3.63) is 23.9 Å². The first-order valence-electron chi connectivity index (χ1n) is 9.65. The molecule has 2 saturated heterocycles. The Morgan fingerprint density at radius 1 is 1.31 bits per heavy atom. The summed E-state index contributed by atoms with van der Waals surface area (Å²) in [5, 5.41) is 4.20. The zero-order valence-corrected chi connectivity index (χ0v) is 19.1. The van der Waals surface area contributed by atoms with E-state index in [9.17, 15) is 0 Å². The average Bonchev–Trinajstić information content (AvgIpc) is 3.20. The number of nitrogens with one attached hydrogen (secondary N) is 1. The molecule has 0 amide bonds. The second-order valence-electron chi connectivity index (χ2n) is 6.73. The maximum atomic E-state index is 4.92. The molecule has 7 heteroatoms. The molecule has 0 bridgehead atoms. The van der Waals surface area contributed by atoms with Gasteiger partial charge in [-0.25, -0.2) is 9.98 Å². The number of guanidine groups is 1. The van der Waals surface area contributed by atoms with Gasteiger partial charge in [-0.15, -0.1) is 24.0 Å². The number of hydrogen-bond acceptors (Lipinski definition) is 4. The summed E-state index contributed by atoms with van der Waals surface area (Å²) in [6.07, 6.45) is 5.71. The van der Waals surface area contributed by atoms with Crippen LogP contribution in [0, 0.1) is 0 Å². The fourth-order valence-corrected chi connectivity index (χ4v) is 4.61. The van der Waals surface area contributed by atoms with E-state index in [-0.39, 0.29) is 24.0 Å². The Morgan fingerprint density at radius 2 is 2.12 bits per heavy atom. The average molecular weight is 489 g/mol. The van der Waals surface area contributed by atoms with Crippen LogP contribution in [0.25, 0.3) is 0 Å². The first-order valence-corrected chi connectivity index (χ1v) is 10.7. The van der Waals surface area contributed by atoms with E-state index < -0.39 is 0 Å². The van der Waals surface area contributed by atoms with Gasteiger partial charge < -0.3 is 15.1 Å². The summed E-state index contributed by atoms with van der Waals surface area (Å²) < 4.78 is 0. The molecule has 0 radical (unpaired) electrons. The zero-order valence-electron chi connectivity index (χ0n) is 16.0. The quantitative estimate of drug-likeness (QED) is 0.389. The lowest BCUT2D eigenvalue weighted by atomic mass is 10.2. The second-order valence-corrected chi connectivity index (χ2v) is 8.14. The Bertz CT molecular complexity index is 577. The summed E-state index contributed by atoms with van der Waals surface area (Å²) in [4.78, 5) is 14.3. The summed E-state index contributed by atoms with van der Waals surface area (Å²) in [7, 11) is 0. The minimum Gasteiger partial charge on any atom is -0.357 e. The molecule has 1 aromatic rings. The van der Waals surface area contributed by atoms with Gasteiger partial charge in [0.1, 0.15) is 5.82 Å². The fourth-order valence-electron chi connectivity index (χ4n) is 3.43. The van der Waals surface area contributed by atoms with Crippen molar-refractivity contribution in [3.8, 4) is 0 Å². The number of nitrogens with zero attached hydrogens (tertiary/aromatic N) is 4.